The standard InChI is InChI=1S/C23H21ClF2N4O2/c24-17-1-3-20(30-19(17)5-8-27-30)28-9-6-23(7-10-28)22(31)29-18(2-4-21(29)32-23)14-11-15(25)13-16(26)12-14/h1,3,5,8,11-13,18,21H,2,4,6-7,9-10H2/t18-,21+/m0/s1. The van der Waals surface area contributed by atoms with Gasteiger partial charge in [0.25, 0.3) is 5.91 Å². The van der Waals surface area contributed by atoms with Gasteiger partial charge >= 0.3 is 0 Å². The number of rotatable bonds is 2. The summed E-state index contributed by atoms with van der Waals surface area (Å²) in [5.41, 5.74) is 0.434. The highest BCUT2D eigenvalue weighted by Crippen LogP contribution is 2.48. The lowest BCUT2D eigenvalue weighted by molar-refractivity contribution is -0.140. The van der Waals surface area contributed by atoms with Gasteiger partial charge in [0.15, 0.2) is 5.60 Å². The molecule has 3 aliphatic rings. The molecular formula is C23H21ClF2N4O2. The minimum Gasteiger partial charge on any atom is -0.356 e. The molecule has 0 N–H and O–H groups in total. The zero-order chi connectivity index (χ0) is 22.0. The van der Waals surface area contributed by atoms with Gasteiger partial charge in [0, 0.05) is 32.0 Å². The van der Waals surface area contributed by atoms with Crippen LogP contribution in [0, 0.1) is 11.6 Å². The number of fused-ring (bicyclic) bond motifs is 2. The second-order valence-corrected chi connectivity index (χ2v) is 9.14. The number of benzene rings is 1. The van der Waals surface area contributed by atoms with E-state index < -0.39 is 17.2 Å². The average molecular weight is 459 g/mol. The highest BCUT2D eigenvalue weighted by molar-refractivity contribution is 6.33. The van der Waals surface area contributed by atoms with Crippen molar-refractivity contribution in [1.29, 1.82) is 0 Å². The topological polar surface area (TPSA) is 50.1 Å². The van der Waals surface area contributed by atoms with E-state index in [1.165, 1.54) is 12.1 Å². The number of hydrogen-bond acceptors (Lipinski definition) is 4. The van der Waals surface area contributed by atoms with E-state index in [9.17, 15) is 13.6 Å². The molecule has 166 valence electrons. The van der Waals surface area contributed by atoms with Crippen LogP contribution in [0.2, 0.25) is 5.02 Å². The van der Waals surface area contributed by atoms with Crippen LogP contribution < -0.4 is 4.90 Å². The maximum Gasteiger partial charge on any atom is 0.257 e. The Bertz CT molecular complexity index is 1200. The number of piperidine rings is 1. The summed E-state index contributed by atoms with van der Waals surface area (Å²) in [5, 5.41) is 5.02. The maximum absolute atomic E-state index is 13.8. The first kappa shape index (κ1) is 19.9. The molecule has 3 aliphatic heterocycles. The van der Waals surface area contributed by atoms with Gasteiger partial charge in [-0.05, 0) is 48.7 Å². The predicted octanol–water partition coefficient (Wildman–Crippen LogP) is 4.32. The molecule has 6 rings (SSSR count). The Hall–Kier alpha value is -2.71. The molecule has 32 heavy (non-hydrogen) atoms. The summed E-state index contributed by atoms with van der Waals surface area (Å²) in [6, 6.07) is 8.77. The molecule has 0 bridgehead atoms. The van der Waals surface area contributed by atoms with E-state index in [0.717, 1.165) is 17.4 Å². The molecule has 2 aromatic heterocycles. The molecule has 2 atom stereocenters. The van der Waals surface area contributed by atoms with E-state index in [0.29, 0.717) is 49.4 Å². The highest BCUT2D eigenvalue weighted by atomic mass is 35.5. The molecule has 0 unspecified atom stereocenters. The van der Waals surface area contributed by atoms with Crippen LogP contribution in [0.15, 0.2) is 42.6 Å². The van der Waals surface area contributed by atoms with Crippen LogP contribution in [-0.2, 0) is 9.53 Å². The number of aromatic nitrogens is 2. The SMILES string of the molecule is O=C1N2[C@@H](CC[C@H]2c2cc(F)cc(F)c2)OC12CCN(c1ccc(Cl)c3ccnn13)CC2. The first-order valence-corrected chi connectivity index (χ1v) is 11.2. The van der Waals surface area contributed by atoms with Crippen molar-refractivity contribution in [3.8, 4) is 0 Å². The van der Waals surface area contributed by atoms with Crippen LogP contribution in [0.25, 0.3) is 5.52 Å². The van der Waals surface area contributed by atoms with E-state index in [-0.39, 0.29) is 18.2 Å². The Morgan fingerprint density at radius 2 is 1.81 bits per heavy atom. The van der Waals surface area contributed by atoms with Gasteiger partial charge in [0.05, 0.1) is 22.8 Å². The fourth-order valence-corrected chi connectivity index (χ4v) is 5.65. The average Bonchev–Trinajstić information content (AvgIpc) is 3.46. The molecule has 1 aromatic carbocycles. The Balaban J connectivity index is 1.24. The van der Waals surface area contributed by atoms with Crippen molar-refractivity contribution in [2.24, 2.45) is 0 Å². The molecular weight excluding hydrogens is 438 g/mol. The first-order chi connectivity index (χ1) is 15.4. The van der Waals surface area contributed by atoms with Crippen LogP contribution in [0.4, 0.5) is 14.6 Å². The second-order valence-electron chi connectivity index (χ2n) is 8.73. The van der Waals surface area contributed by atoms with Crippen LogP contribution in [0.5, 0.6) is 0 Å². The lowest BCUT2D eigenvalue weighted by Gasteiger charge is -2.38. The summed E-state index contributed by atoms with van der Waals surface area (Å²) < 4.78 is 35.7. The number of anilines is 1. The van der Waals surface area contributed by atoms with E-state index >= 15 is 0 Å². The third-order valence-corrected chi connectivity index (χ3v) is 7.29. The molecule has 1 spiro atoms. The number of amides is 1. The van der Waals surface area contributed by atoms with Gasteiger partial charge in [0.1, 0.15) is 23.7 Å². The first-order valence-electron chi connectivity index (χ1n) is 10.8. The number of ether oxygens (including phenoxy) is 1. The molecule has 1 amide bonds. The summed E-state index contributed by atoms with van der Waals surface area (Å²) in [6.07, 6.45) is 3.72. The van der Waals surface area contributed by atoms with Crippen LogP contribution in [0.1, 0.15) is 37.3 Å². The molecule has 6 nitrogen and oxygen atoms in total. The monoisotopic (exact) mass is 458 g/mol. The van der Waals surface area contributed by atoms with Gasteiger partial charge in [0.2, 0.25) is 0 Å². The third kappa shape index (κ3) is 2.93. The summed E-state index contributed by atoms with van der Waals surface area (Å²) >= 11 is 6.27. The van der Waals surface area contributed by atoms with Crippen molar-refractivity contribution >= 4 is 28.8 Å². The Morgan fingerprint density at radius 3 is 2.56 bits per heavy atom. The van der Waals surface area contributed by atoms with Gasteiger partial charge in [-0.25, -0.2) is 13.3 Å². The minimum absolute atomic E-state index is 0.0744. The van der Waals surface area contributed by atoms with E-state index in [2.05, 4.69) is 10.00 Å². The van der Waals surface area contributed by atoms with Crippen LogP contribution in [0.3, 0.4) is 0 Å². The van der Waals surface area contributed by atoms with Gasteiger partial charge in [-0.15, -0.1) is 0 Å². The summed E-state index contributed by atoms with van der Waals surface area (Å²) in [7, 11) is 0. The van der Waals surface area contributed by atoms with E-state index in [1.807, 2.05) is 22.7 Å². The Kier molecular flexibility index (Phi) is 4.45. The Morgan fingerprint density at radius 1 is 1.06 bits per heavy atom. The fraction of sp³-hybridized carbons (Fsp3) is 0.391. The number of nitrogens with zero attached hydrogens (tertiary/aromatic N) is 4. The summed E-state index contributed by atoms with van der Waals surface area (Å²) in [6.45, 7) is 1.25. The predicted molar refractivity (Wildman–Crippen MR) is 114 cm³/mol. The van der Waals surface area contributed by atoms with Crippen LogP contribution in [-0.4, -0.2) is 45.3 Å². The fourth-order valence-electron chi connectivity index (χ4n) is 5.45. The normalized spacial score (nSPS) is 24.7. The van der Waals surface area contributed by atoms with Crippen molar-refractivity contribution in [1.82, 2.24) is 14.5 Å². The molecule has 0 saturated carbocycles. The molecule has 5 heterocycles. The highest BCUT2D eigenvalue weighted by Gasteiger charge is 2.58. The minimum atomic E-state index is -0.888. The molecule has 3 saturated heterocycles. The van der Waals surface area contributed by atoms with Gasteiger partial charge < -0.3 is 14.5 Å². The van der Waals surface area contributed by atoms with E-state index in [4.69, 9.17) is 16.3 Å². The Labute approximate surface area is 188 Å². The summed E-state index contributed by atoms with van der Waals surface area (Å²) in [5.74, 6) is -0.420. The zero-order valence-corrected chi connectivity index (χ0v) is 17.9. The maximum atomic E-state index is 13.8. The smallest absolute Gasteiger partial charge is 0.257 e. The lowest BCUT2D eigenvalue weighted by Crippen LogP contribution is -2.50. The number of hydrogen-bond donors (Lipinski definition) is 0. The molecule has 3 aromatic rings. The van der Waals surface area contributed by atoms with Crippen molar-refractivity contribution in [2.75, 3.05) is 18.0 Å². The van der Waals surface area contributed by atoms with Crippen molar-refractivity contribution < 1.29 is 18.3 Å². The van der Waals surface area contributed by atoms with Gasteiger partial charge in [-0.1, -0.05) is 11.6 Å². The second kappa shape index (κ2) is 7.15. The molecule has 3 fully saturated rings. The largest absolute Gasteiger partial charge is 0.356 e. The van der Waals surface area contributed by atoms with Crippen LogP contribution >= 0.6 is 11.6 Å². The molecule has 0 radical (unpaired) electrons. The van der Waals surface area contributed by atoms with Gasteiger partial charge in [-0.2, -0.15) is 5.10 Å². The van der Waals surface area contributed by atoms with Crippen molar-refractivity contribution in [3.63, 3.8) is 0 Å². The van der Waals surface area contributed by atoms with Crippen molar-refractivity contribution in [2.45, 2.75) is 43.6 Å². The number of halogens is 3. The number of carbonyl (C=O) groups excluding carboxylic acids is 1. The van der Waals surface area contributed by atoms with Crippen molar-refractivity contribution in [3.05, 3.63) is 64.8 Å². The zero-order valence-electron chi connectivity index (χ0n) is 17.2. The molecule has 0 aliphatic carbocycles. The van der Waals surface area contributed by atoms with Gasteiger partial charge in [-0.3, -0.25) is 4.79 Å². The molecule has 9 heteroatoms. The van der Waals surface area contributed by atoms with E-state index in [1.54, 1.807) is 11.1 Å². The number of pyridine rings is 1. The number of carbonyl (C=O) groups is 1. The lowest BCUT2D eigenvalue weighted by atomic mass is 9.89. The quantitative estimate of drug-likeness (QED) is 0.573. The third-order valence-electron chi connectivity index (χ3n) is 6.97. The summed E-state index contributed by atoms with van der Waals surface area (Å²) in [4.78, 5) is 17.4.